The number of alkyl halides is 2. The van der Waals surface area contributed by atoms with Crippen molar-refractivity contribution in [2.45, 2.75) is 18.9 Å². The van der Waals surface area contributed by atoms with Gasteiger partial charge in [0.05, 0.1) is 31.5 Å². The van der Waals surface area contributed by atoms with Crippen LogP contribution in [0.5, 0.6) is 5.75 Å². The summed E-state index contributed by atoms with van der Waals surface area (Å²) in [4.78, 5) is 2.04. The normalized spacial score (nSPS) is 20.6. The number of benzene rings is 1. The molecule has 0 amide bonds. The molecule has 0 radical (unpaired) electrons. The Hall–Kier alpha value is -1.99. The zero-order chi connectivity index (χ0) is 17.9. The number of hydrogen-bond donors (Lipinski definition) is 1. The highest BCUT2D eigenvalue weighted by Gasteiger charge is 2.43. The summed E-state index contributed by atoms with van der Waals surface area (Å²) in [7, 11) is 3.09. The van der Waals surface area contributed by atoms with Crippen LogP contribution in [0.1, 0.15) is 12.0 Å². The maximum absolute atomic E-state index is 14.0. The van der Waals surface area contributed by atoms with Crippen LogP contribution < -0.4 is 4.74 Å². The molecule has 1 N–H and O–H groups in total. The standard InChI is InChI=1S/C18H23F2N3O2/c1-24-12-15-11-23(7-6-18(15,19)20)10-14-9-21-22-17(14)13-4-3-5-16(8-13)25-2/h3-5,8-9,15H,6-7,10-12H2,1-2H3,(H,21,22). The largest absolute Gasteiger partial charge is 0.497 e. The Morgan fingerprint density at radius 1 is 1.36 bits per heavy atom. The minimum absolute atomic E-state index is 0.0671. The van der Waals surface area contributed by atoms with Gasteiger partial charge in [-0.1, -0.05) is 12.1 Å². The first kappa shape index (κ1) is 17.8. The number of hydrogen-bond acceptors (Lipinski definition) is 4. The first-order valence-corrected chi connectivity index (χ1v) is 8.29. The first-order chi connectivity index (χ1) is 12.0. The third-order valence-corrected chi connectivity index (χ3v) is 4.68. The molecule has 25 heavy (non-hydrogen) atoms. The van der Waals surface area contributed by atoms with Crippen LogP contribution in [0.3, 0.4) is 0 Å². The van der Waals surface area contributed by atoms with Gasteiger partial charge in [0.1, 0.15) is 5.75 Å². The molecule has 2 aromatic rings. The molecule has 0 saturated carbocycles. The lowest BCUT2D eigenvalue weighted by atomic mass is 9.93. The van der Waals surface area contributed by atoms with Gasteiger partial charge in [0.25, 0.3) is 5.92 Å². The molecule has 3 rings (SSSR count). The molecule has 1 saturated heterocycles. The van der Waals surface area contributed by atoms with Gasteiger partial charge >= 0.3 is 0 Å². The van der Waals surface area contributed by atoms with Crippen LogP contribution in [0, 0.1) is 5.92 Å². The molecule has 2 heterocycles. The van der Waals surface area contributed by atoms with Crippen molar-refractivity contribution >= 4 is 0 Å². The van der Waals surface area contributed by atoms with Gasteiger partial charge in [0.2, 0.25) is 0 Å². The Balaban J connectivity index is 1.75. The number of nitrogens with zero attached hydrogens (tertiary/aromatic N) is 2. The minimum atomic E-state index is -2.67. The van der Waals surface area contributed by atoms with Gasteiger partial charge in [0, 0.05) is 44.3 Å². The summed E-state index contributed by atoms with van der Waals surface area (Å²) in [6, 6.07) is 7.68. The fourth-order valence-corrected chi connectivity index (χ4v) is 3.27. The summed E-state index contributed by atoms with van der Waals surface area (Å²) in [5.74, 6) is -2.69. The van der Waals surface area contributed by atoms with Crippen molar-refractivity contribution in [3.63, 3.8) is 0 Å². The van der Waals surface area contributed by atoms with Crippen LogP contribution >= 0.6 is 0 Å². The highest BCUT2D eigenvalue weighted by Crippen LogP contribution is 2.35. The van der Waals surface area contributed by atoms with Gasteiger partial charge < -0.3 is 9.47 Å². The summed E-state index contributed by atoms with van der Waals surface area (Å²) in [6.45, 7) is 1.30. The fourth-order valence-electron chi connectivity index (χ4n) is 3.27. The number of rotatable bonds is 6. The van der Waals surface area contributed by atoms with Crippen LogP contribution in [0.25, 0.3) is 11.3 Å². The van der Waals surface area contributed by atoms with Crippen molar-refractivity contribution in [3.8, 4) is 17.0 Å². The summed E-state index contributed by atoms with van der Waals surface area (Å²) in [6.07, 6.45) is 1.61. The quantitative estimate of drug-likeness (QED) is 0.868. The highest BCUT2D eigenvalue weighted by molar-refractivity contribution is 5.64. The Kier molecular flexibility index (Phi) is 5.34. The topological polar surface area (TPSA) is 50.4 Å². The molecule has 0 aliphatic carbocycles. The van der Waals surface area contributed by atoms with E-state index in [9.17, 15) is 8.78 Å². The monoisotopic (exact) mass is 351 g/mol. The molecule has 1 aromatic carbocycles. The third kappa shape index (κ3) is 3.99. The SMILES string of the molecule is COCC1CN(Cc2cn[nH]c2-c2cccc(OC)c2)CCC1(F)F. The van der Waals surface area contributed by atoms with Crippen molar-refractivity contribution in [1.29, 1.82) is 0 Å². The van der Waals surface area contributed by atoms with Crippen LogP contribution in [0.2, 0.25) is 0 Å². The lowest BCUT2D eigenvalue weighted by Gasteiger charge is -2.38. The minimum Gasteiger partial charge on any atom is -0.497 e. The second-order valence-electron chi connectivity index (χ2n) is 6.40. The average molecular weight is 351 g/mol. The van der Waals surface area contributed by atoms with Crippen LogP contribution in [-0.2, 0) is 11.3 Å². The van der Waals surface area contributed by atoms with E-state index in [1.54, 1.807) is 13.3 Å². The van der Waals surface area contributed by atoms with Gasteiger partial charge in [-0.25, -0.2) is 8.78 Å². The number of nitrogens with one attached hydrogen (secondary N) is 1. The molecule has 7 heteroatoms. The molecule has 0 bridgehead atoms. The number of aromatic amines is 1. The van der Waals surface area contributed by atoms with Crippen molar-refractivity contribution in [1.82, 2.24) is 15.1 Å². The summed E-state index contributed by atoms with van der Waals surface area (Å²) >= 11 is 0. The van der Waals surface area contributed by atoms with Crippen molar-refractivity contribution in [3.05, 3.63) is 36.0 Å². The van der Waals surface area contributed by atoms with E-state index in [1.165, 1.54) is 7.11 Å². The molecule has 1 fully saturated rings. The highest BCUT2D eigenvalue weighted by atomic mass is 19.3. The molecule has 1 aromatic heterocycles. The van der Waals surface area contributed by atoms with Gasteiger partial charge in [-0.3, -0.25) is 10.00 Å². The number of aromatic nitrogens is 2. The van der Waals surface area contributed by atoms with E-state index in [0.717, 1.165) is 22.6 Å². The lowest BCUT2D eigenvalue weighted by molar-refractivity contribution is -0.125. The number of methoxy groups -OCH3 is 2. The van der Waals surface area contributed by atoms with Crippen molar-refractivity contribution in [2.75, 3.05) is 33.9 Å². The number of likely N-dealkylation sites (tertiary alicyclic amines) is 1. The number of piperidine rings is 1. The summed E-state index contributed by atoms with van der Waals surface area (Å²) < 4.78 is 38.2. The van der Waals surface area contributed by atoms with Crippen LogP contribution in [-0.4, -0.2) is 54.9 Å². The first-order valence-electron chi connectivity index (χ1n) is 8.29. The fraction of sp³-hybridized carbons (Fsp3) is 0.500. The molecule has 1 atom stereocenters. The van der Waals surface area contributed by atoms with Crippen molar-refractivity contribution in [2.24, 2.45) is 5.92 Å². The van der Waals surface area contributed by atoms with Gasteiger partial charge in [-0.2, -0.15) is 5.10 Å². The van der Waals surface area contributed by atoms with E-state index < -0.39 is 11.8 Å². The molecule has 1 unspecified atom stereocenters. The maximum atomic E-state index is 14.0. The number of H-pyrrole nitrogens is 1. The Labute approximate surface area is 145 Å². The van der Waals surface area contributed by atoms with E-state index >= 15 is 0 Å². The van der Waals surface area contributed by atoms with Crippen LogP contribution in [0.4, 0.5) is 8.78 Å². The third-order valence-electron chi connectivity index (χ3n) is 4.68. The molecule has 136 valence electrons. The van der Waals surface area contributed by atoms with Gasteiger partial charge in [-0.15, -0.1) is 0 Å². The molecule has 1 aliphatic rings. The molecule has 5 nitrogen and oxygen atoms in total. The maximum Gasteiger partial charge on any atom is 0.255 e. The van der Waals surface area contributed by atoms with Gasteiger partial charge in [0.15, 0.2) is 0 Å². The molecular formula is C18H23F2N3O2. The second-order valence-corrected chi connectivity index (χ2v) is 6.40. The van der Waals surface area contributed by atoms with E-state index in [-0.39, 0.29) is 13.0 Å². The predicted octanol–water partition coefficient (Wildman–Crippen LogP) is 3.19. The van der Waals surface area contributed by atoms with E-state index in [4.69, 9.17) is 9.47 Å². The molecular weight excluding hydrogens is 328 g/mol. The van der Waals surface area contributed by atoms with E-state index in [2.05, 4.69) is 10.2 Å². The van der Waals surface area contributed by atoms with Gasteiger partial charge in [-0.05, 0) is 12.1 Å². The predicted molar refractivity (Wildman–Crippen MR) is 90.8 cm³/mol. The summed E-state index contributed by atoms with van der Waals surface area (Å²) in [5, 5.41) is 7.15. The number of ether oxygens (including phenoxy) is 2. The Morgan fingerprint density at radius 3 is 2.96 bits per heavy atom. The Morgan fingerprint density at radius 2 is 2.20 bits per heavy atom. The van der Waals surface area contributed by atoms with Crippen LogP contribution in [0.15, 0.2) is 30.5 Å². The zero-order valence-corrected chi connectivity index (χ0v) is 14.5. The zero-order valence-electron chi connectivity index (χ0n) is 14.5. The summed E-state index contributed by atoms with van der Waals surface area (Å²) in [5.41, 5.74) is 2.83. The Bertz CT molecular complexity index is 705. The average Bonchev–Trinajstić information content (AvgIpc) is 3.06. The smallest absolute Gasteiger partial charge is 0.255 e. The second kappa shape index (κ2) is 7.49. The molecule has 0 spiro atoms. The number of halogens is 2. The van der Waals surface area contributed by atoms with E-state index in [1.807, 2.05) is 29.2 Å². The van der Waals surface area contributed by atoms with E-state index in [0.29, 0.717) is 19.6 Å². The molecule has 1 aliphatic heterocycles. The lowest BCUT2D eigenvalue weighted by Crippen LogP contribution is -2.48. The van der Waals surface area contributed by atoms with Crippen molar-refractivity contribution < 1.29 is 18.3 Å².